The van der Waals surface area contributed by atoms with E-state index in [2.05, 4.69) is 44.9 Å². The lowest BCUT2D eigenvalue weighted by Gasteiger charge is -2.05. The van der Waals surface area contributed by atoms with Gasteiger partial charge in [0.1, 0.15) is 0 Å². The molecule has 0 radical (unpaired) electrons. The Morgan fingerprint density at radius 3 is 2.35 bits per heavy atom. The fourth-order valence-electron chi connectivity index (χ4n) is 2.53. The Morgan fingerprint density at radius 2 is 1.75 bits per heavy atom. The molecule has 20 heavy (non-hydrogen) atoms. The van der Waals surface area contributed by atoms with Crippen LogP contribution in [0.3, 0.4) is 0 Å². The highest BCUT2D eigenvalue weighted by Gasteiger charge is 2.14. The Balaban J connectivity index is 2.53. The highest BCUT2D eigenvalue weighted by atomic mass is 16.1. The summed E-state index contributed by atoms with van der Waals surface area (Å²) in [6, 6.07) is 6.14. The SMILES string of the molecule is CCCc1[nH]n(-c2ccc(C)c(C)c2)c(=O)c1CCC. The third-order valence-corrected chi connectivity index (χ3v) is 3.82. The Kier molecular flexibility index (Phi) is 4.48. The average Bonchev–Trinajstić information content (AvgIpc) is 2.72. The van der Waals surface area contributed by atoms with Crippen LogP contribution in [-0.4, -0.2) is 9.78 Å². The van der Waals surface area contributed by atoms with Gasteiger partial charge in [0.25, 0.3) is 5.56 Å². The second kappa shape index (κ2) is 6.12. The second-order valence-electron chi connectivity index (χ2n) is 5.48. The normalized spacial score (nSPS) is 11.0. The molecule has 0 bridgehead atoms. The number of aromatic nitrogens is 2. The highest BCUT2D eigenvalue weighted by molar-refractivity contribution is 5.40. The number of nitrogens with one attached hydrogen (secondary N) is 1. The van der Waals surface area contributed by atoms with Crippen LogP contribution in [0.2, 0.25) is 0 Å². The van der Waals surface area contributed by atoms with Crippen molar-refractivity contribution in [2.75, 3.05) is 0 Å². The molecule has 0 saturated carbocycles. The Hall–Kier alpha value is -1.77. The van der Waals surface area contributed by atoms with E-state index in [0.29, 0.717) is 0 Å². The lowest BCUT2D eigenvalue weighted by molar-refractivity contribution is 0.791. The van der Waals surface area contributed by atoms with E-state index in [4.69, 9.17) is 0 Å². The van der Waals surface area contributed by atoms with Gasteiger partial charge in [0, 0.05) is 11.3 Å². The maximum absolute atomic E-state index is 12.6. The smallest absolute Gasteiger partial charge is 0.274 e. The maximum Gasteiger partial charge on any atom is 0.274 e. The van der Waals surface area contributed by atoms with E-state index in [0.717, 1.165) is 42.6 Å². The number of H-pyrrole nitrogens is 1. The molecule has 3 nitrogen and oxygen atoms in total. The Bertz CT molecular complexity index is 649. The second-order valence-corrected chi connectivity index (χ2v) is 5.48. The van der Waals surface area contributed by atoms with Crippen molar-refractivity contribution in [2.24, 2.45) is 0 Å². The lowest BCUT2D eigenvalue weighted by atomic mass is 10.1. The molecule has 0 unspecified atom stereocenters. The molecule has 0 aliphatic rings. The zero-order valence-electron chi connectivity index (χ0n) is 12.9. The van der Waals surface area contributed by atoms with Crippen molar-refractivity contribution in [3.63, 3.8) is 0 Å². The minimum Gasteiger partial charge on any atom is -0.295 e. The van der Waals surface area contributed by atoms with Crippen molar-refractivity contribution in [3.8, 4) is 5.69 Å². The van der Waals surface area contributed by atoms with E-state index in [1.54, 1.807) is 4.68 Å². The van der Waals surface area contributed by atoms with Gasteiger partial charge in [-0.1, -0.05) is 32.8 Å². The van der Waals surface area contributed by atoms with Crippen LogP contribution in [0, 0.1) is 13.8 Å². The molecule has 3 heteroatoms. The minimum atomic E-state index is 0.110. The third kappa shape index (κ3) is 2.72. The molecule has 1 heterocycles. The van der Waals surface area contributed by atoms with Gasteiger partial charge in [0.2, 0.25) is 0 Å². The van der Waals surface area contributed by atoms with Gasteiger partial charge in [0.05, 0.1) is 5.69 Å². The predicted molar refractivity (Wildman–Crippen MR) is 83.9 cm³/mol. The van der Waals surface area contributed by atoms with Crippen molar-refractivity contribution in [1.82, 2.24) is 9.78 Å². The van der Waals surface area contributed by atoms with Crippen molar-refractivity contribution in [2.45, 2.75) is 53.4 Å². The van der Waals surface area contributed by atoms with E-state index < -0.39 is 0 Å². The van der Waals surface area contributed by atoms with Crippen LogP contribution in [0.4, 0.5) is 0 Å². The number of aryl methyl sites for hydroxylation is 3. The molecule has 1 aromatic heterocycles. The largest absolute Gasteiger partial charge is 0.295 e. The van der Waals surface area contributed by atoms with Crippen LogP contribution in [0.5, 0.6) is 0 Å². The zero-order valence-corrected chi connectivity index (χ0v) is 12.9. The van der Waals surface area contributed by atoms with E-state index in [-0.39, 0.29) is 5.56 Å². The molecule has 0 fully saturated rings. The maximum atomic E-state index is 12.6. The number of benzene rings is 1. The first kappa shape index (κ1) is 14.6. The monoisotopic (exact) mass is 272 g/mol. The summed E-state index contributed by atoms with van der Waals surface area (Å²) >= 11 is 0. The summed E-state index contributed by atoms with van der Waals surface area (Å²) in [7, 11) is 0. The topological polar surface area (TPSA) is 37.8 Å². The minimum absolute atomic E-state index is 0.110. The van der Waals surface area contributed by atoms with Crippen LogP contribution in [0.15, 0.2) is 23.0 Å². The third-order valence-electron chi connectivity index (χ3n) is 3.82. The van der Waals surface area contributed by atoms with E-state index >= 15 is 0 Å². The van der Waals surface area contributed by atoms with E-state index in [1.807, 2.05) is 6.07 Å². The number of hydrogen-bond donors (Lipinski definition) is 1. The lowest BCUT2D eigenvalue weighted by Crippen LogP contribution is -2.17. The Morgan fingerprint density at radius 1 is 1.05 bits per heavy atom. The van der Waals surface area contributed by atoms with E-state index in [9.17, 15) is 4.79 Å². The molecule has 108 valence electrons. The summed E-state index contributed by atoms with van der Waals surface area (Å²) < 4.78 is 1.70. The standard InChI is InChI=1S/C17H24N2O/c1-5-7-15-16(8-6-2)18-19(17(15)20)14-10-9-12(3)13(4)11-14/h9-11,18H,5-8H2,1-4H3. The van der Waals surface area contributed by atoms with Crippen LogP contribution in [0.1, 0.15) is 49.1 Å². The molecular formula is C17H24N2O. The van der Waals surface area contributed by atoms with Crippen molar-refractivity contribution in [3.05, 3.63) is 50.9 Å². The number of aromatic amines is 1. The van der Waals surface area contributed by atoms with Gasteiger partial charge in [-0.2, -0.15) is 0 Å². The summed E-state index contributed by atoms with van der Waals surface area (Å²) in [5, 5.41) is 3.30. The summed E-state index contributed by atoms with van der Waals surface area (Å²) in [6.45, 7) is 8.41. The highest BCUT2D eigenvalue weighted by Crippen LogP contribution is 2.14. The molecule has 2 aromatic rings. The Labute approximate surface area is 120 Å². The summed E-state index contributed by atoms with van der Waals surface area (Å²) in [5.74, 6) is 0. The molecular weight excluding hydrogens is 248 g/mol. The summed E-state index contributed by atoms with van der Waals surface area (Å²) in [5.41, 5.74) is 5.54. The first-order chi connectivity index (χ1) is 9.58. The molecule has 0 aliphatic carbocycles. The predicted octanol–water partition coefficient (Wildman–Crippen LogP) is 3.69. The first-order valence-electron chi connectivity index (χ1n) is 7.48. The fraction of sp³-hybridized carbons (Fsp3) is 0.471. The molecule has 0 saturated heterocycles. The van der Waals surface area contributed by atoms with Crippen molar-refractivity contribution in [1.29, 1.82) is 0 Å². The summed E-state index contributed by atoms with van der Waals surface area (Å²) in [6.07, 6.45) is 3.82. The van der Waals surface area contributed by atoms with Gasteiger partial charge >= 0.3 is 0 Å². The molecule has 0 amide bonds. The zero-order chi connectivity index (χ0) is 14.7. The van der Waals surface area contributed by atoms with Crippen molar-refractivity contribution < 1.29 is 0 Å². The average molecular weight is 272 g/mol. The van der Waals surface area contributed by atoms with Crippen molar-refractivity contribution >= 4 is 0 Å². The van der Waals surface area contributed by atoms with E-state index in [1.165, 1.54) is 11.1 Å². The number of rotatable bonds is 5. The molecule has 1 aromatic carbocycles. The number of hydrogen-bond acceptors (Lipinski definition) is 1. The van der Waals surface area contributed by atoms with Gasteiger partial charge in [-0.25, -0.2) is 4.68 Å². The number of nitrogens with zero attached hydrogens (tertiary/aromatic N) is 1. The van der Waals surface area contributed by atoms with Crippen LogP contribution >= 0.6 is 0 Å². The molecule has 2 rings (SSSR count). The van der Waals surface area contributed by atoms with Gasteiger partial charge in [-0.3, -0.25) is 9.89 Å². The van der Waals surface area contributed by atoms with Crippen LogP contribution < -0.4 is 5.56 Å². The van der Waals surface area contributed by atoms with Crippen LogP contribution in [0.25, 0.3) is 5.69 Å². The summed E-state index contributed by atoms with van der Waals surface area (Å²) in [4.78, 5) is 12.6. The van der Waals surface area contributed by atoms with Gasteiger partial charge in [0.15, 0.2) is 0 Å². The van der Waals surface area contributed by atoms with Gasteiger partial charge < -0.3 is 0 Å². The molecule has 0 aliphatic heterocycles. The van der Waals surface area contributed by atoms with Crippen LogP contribution in [-0.2, 0) is 12.8 Å². The first-order valence-corrected chi connectivity index (χ1v) is 7.48. The van der Waals surface area contributed by atoms with Gasteiger partial charge in [-0.15, -0.1) is 0 Å². The fourth-order valence-corrected chi connectivity index (χ4v) is 2.53. The molecule has 1 N–H and O–H groups in total. The molecule has 0 spiro atoms. The van der Waals surface area contributed by atoms with Gasteiger partial charge in [-0.05, 0) is 49.9 Å². The quantitative estimate of drug-likeness (QED) is 0.885. The molecule has 0 atom stereocenters.